The highest BCUT2D eigenvalue weighted by Gasteiger charge is 2.06. The largest absolute Gasteiger partial charge is 0.508 e. The summed E-state index contributed by atoms with van der Waals surface area (Å²) in [7, 11) is 0. The van der Waals surface area contributed by atoms with Crippen molar-refractivity contribution in [3.8, 4) is 34.5 Å². The van der Waals surface area contributed by atoms with Crippen molar-refractivity contribution in [2.75, 3.05) is 0 Å². The van der Waals surface area contributed by atoms with Crippen molar-refractivity contribution in [1.82, 2.24) is 0 Å². The zero-order valence-corrected chi connectivity index (χ0v) is 12.7. The van der Waals surface area contributed by atoms with Gasteiger partial charge in [0.25, 0.3) is 0 Å². The third kappa shape index (κ3) is 3.97. The van der Waals surface area contributed by atoms with E-state index in [4.69, 9.17) is 9.47 Å². The van der Waals surface area contributed by atoms with Gasteiger partial charge in [0.2, 0.25) is 0 Å². The Kier molecular flexibility index (Phi) is 4.54. The van der Waals surface area contributed by atoms with E-state index >= 15 is 0 Å². The summed E-state index contributed by atoms with van der Waals surface area (Å²) in [6.45, 7) is -0.154. The van der Waals surface area contributed by atoms with Crippen LogP contribution in [0.25, 0.3) is 0 Å². The molecule has 3 N–H and O–H groups in total. The van der Waals surface area contributed by atoms with E-state index in [2.05, 4.69) is 0 Å². The van der Waals surface area contributed by atoms with Crippen LogP contribution >= 0.6 is 0 Å². The molecule has 0 aliphatic rings. The number of rotatable bonds is 5. The van der Waals surface area contributed by atoms with Gasteiger partial charge >= 0.3 is 0 Å². The minimum Gasteiger partial charge on any atom is -0.508 e. The number of ether oxygens (including phenoxy) is 2. The SMILES string of the molecule is OCc1cc(Oc2ccc(O)cc2)cc(Oc2ccc(O)cc2)c1. The van der Waals surface area contributed by atoms with E-state index in [1.165, 1.54) is 24.3 Å². The van der Waals surface area contributed by atoms with Crippen LogP contribution in [0.1, 0.15) is 5.56 Å². The second-order valence-electron chi connectivity index (χ2n) is 5.16. The first-order valence-electron chi connectivity index (χ1n) is 7.31. The van der Waals surface area contributed by atoms with Crippen molar-refractivity contribution >= 4 is 0 Å². The molecule has 0 bridgehead atoms. The van der Waals surface area contributed by atoms with Crippen molar-refractivity contribution in [3.05, 3.63) is 72.3 Å². The van der Waals surface area contributed by atoms with Crippen molar-refractivity contribution < 1.29 is 24.8 Å². The zero-order chi connectivity index (χ0) is 16.9. The molecule has 0 aromatic heterocycles. The highest BCUT2D eigenvalue weighted by atomic mass is 16.5. The molecule has 24 heavy (non-hydrogen) atoms. The summed E-state index contributed by atoms with van der Waals surface area (Å²) >= 11 is 0. The average Bonchev–Trinajstić information content (AvgIpc) is 2.59. The van der Waals surface area contributed by atoms with Crippen LogP contribution in [0.2, 0.25) is 0 Å². The van der Waals surface area contributed by atoms with Crippen LogP contribution in [0.3, 0.4) is 0 Å². The molecule has 3 aromatic carbocycles. The molecule has 0 aliphatic heterocycles. The van der Waals surface area contributed by atoms with E-state index in [1.807, 2.05) is 0 Å². The molecule has 0 unspecified atom stereocenters. The first-order chi connectivity index (χ1) is 11.6. The molecule has 0 radical (unpaired) electrons. The fourth-order valence-electron chi connectivity index (χ4n) is 2.14. The van der Waals surface area contributed by atoms with Crippen LogP contribution in [0.15, 0.2) is 66.7 Å². The second-order valence-corrected chi connectivity index (χ2v) is 5.16. The van der Waals surface area contributed by atoms with Gasteiger partial charge in [-0.1, -0.05) is 0 Å². The van der Waals surface area contributed by atoms with Crippen molar-refractivity contribution in [2.24, 2.45) is 0 Å². The Morgan fingerprint density at radius 1 is 0.583 bits per heavy atom. The molecule has 0 saturated carbocycles. The van der Waals surface area contributed by atoms with Gasteiger partial charge in [0, 0.05) is 6.07 Å². The van der Waals surface area contributed by atoms with Gasteiger partial charge in [0.15, 0.2) is 0 Å². The van der Waals surface area contributed by atoms with E-state index in [1.54, 1.807) is 42.5 Å². The van der Waals surface area contributed by atoms with Gasteiger partial charge in [-0.3, -0.25) is 0 Å². The van der Waals surface area contributed by atoms with Crippen LogP contribution in [0, 0.1) is 0 Å². The van der Waals surface area contributed by atoms with Crippen LogP contribution in [-0.2, 0) is 6.61 Å². The predicted octanol–water partition coefficient (Wildman–Crippen LogP) is 4.17. The topological polar surface area (TPSA) is 79.2 Å². The molecule has 0 atom stereocenters. The number of hydrogen-bond acceptors (Lipinski definition) is 5. The molecule has 5 heteroatoms. The maximum atomic E-state index is 9.41. The van der Waals surface area contributed by atoms with Crippen LogP contribution in [0.4, 0.5) is 0 Å². The van der Waals surface area contributed by atoms with Crippen LogP contribution < -0.4 is 9.47 Å². The summed E-state index contributed by atoms with van der Waals surface area (Å²) in [4.78, 5) is 0. The first-order valence-corrected chi connectivity index (χ1v) is 7.31. The summed E-state index contributed by atoms with van der Waals surface area (Å²) in [5, 5.41) is 28.0. The van der Waals surface area contributed by atoms with Crippen LogP contribution in [0.5, 0.6) is 34.5 Å². The normalized spacial score (nSPS) is 10.4. The van der Waals surface area contributed by atoms with E-state index in [-0.39, 0.29) is 18.1 Å². The standard InChI is InChI=1S/C19H16O5/c20-12-13-9-18(23-16-5-1-14(21)2-6-16)11-19(10-13)24-17-7-3-15(22)4-8-17/h1-11,20-22H,12H2. The van der Waals surface area contributed by atoms with E-state index in [0.29, 0.717) is 28.6 Å². The molecule has 5 nitrogen and oxygen atoms in total. The number of aliphatic hydroxyl groups excluding tert-OH is 1. The smallest absolute Gasteiger partial charge is 0.131 e. The molecular formula is C19H16O5. The predicted molar refractivity (Wildman–Crippen MR) is 88.7 cm³/mol. The molecule has 0 aliphatic carbocycles. The lowest BCUT2D eigenvalue weighted by Gasteiger charge is -2.11. The lowest BCUT2D eigenvalue weighted by atomic mass is 10.2. The second kappa shape index (κ2) is 6.93. The van der Waals surface area contributed by atoms with Gasteiger partial charge in [-0.25, -0.2) is 0 Å². The Labute approximate surface area is 139 Å². The lowest BCUT2D eigenvalue weighted by molar-refractivity contribution is 0.280. The summed E-state index contributed by atoms with van der Waals surface area (Å²) in [6.07, 6.45) is 0. The minimum atomic E-state index is -0.154. The number of hydrogen-bond donors (Lipinski definition) is 3. The van der Waals surface area contributed by atoms with Gasteiger partial charge in [-0.2, -0.15) is 0 Å². The Hall–Kier alpha value is -3.18. The molecule has 0 amide bonds. The fraction of sp³-hybridized carbons (Fsp3) is 0.0526. The molecule has 0 saturated heterocycles. The summed E-state index contributed by atoms with van der Waals surface area (Å²) in [6, 6.07) is 17.8. The van der Waals surface area contributed by atoms with Crippen LogP contribution in [-0.4, -0.2) is 15.3 Å². The summed E-state index contributed by atoms with van der Waals surface area (Å²) < 4.78 is 11.5. The molecule has 0 heterocycles. The average molecular weight is 324 g/mol. The third-order valence-electron chi connectivity index (χ3n) is 3.27. The first kappa shape index (κ1) is 15.7. The highest BCUT2D eigenvalue weighted by molar-refractivity contribution is 5.43. The van der Waals surface area contributed by atoms with Crippen molar-refractivity contribution in [2.45, 2.75) is 6.61 Å². The maximum Gasteiger partial charge on any atom is 0.131 e. The van der Waals surface area contributed by atoms with Gasteiger partial charge in [-0.05, 0) is 66.2 Å². The van der Waals surface area contributed by atoms with Gasteiger partial charge < -0.3 is 24.8 Å². The number of phenolic OH excluding ortho intramolecular Hbond substituents is 2. The Bertz CT molecular complexity index is 744. The quantitative estimate of drug-likeness (QED) is 0.656. The molecule has 0 fully saturated rings. The lowest BCUT2D eigenvalue weighted by Crippen LogP contribution is -1.91. The van der Waals surface area contributed by atoms with Crippen molar-refractivity contribution in [3.63, 3.8) is 0 Å². The minimum absolute atomic E-state index is 0.154. The maximum absolute atomic E-state index is 9.41. The number of aromatic hydroxyl groups is 2. The molecule has 0 spiro atoms. The molecule has 122 valence electrons. The Morgan fingerprint density at radius 2 is 1.00 bits per heavy atom. The fourth-order valence-corrected chi connectivity index (χ4v) is 2.14. The zero-order valence-electron chi connectivity index (χ0n) is 12.7. The third-order valence-corrected chi connectivity index (χ3v) is 3.27. The van der Waals surface area contributed by atoms with Crippen molar-refractivity contribution in [1.29, 1.82) is 0 Å². The van der Waals surface area contributed by atoms with E-state index in [0.717, 1.165) is 0 Å². The summed E-state index contributed by atoms with van der Waals surface area (Å²) in [5.41, 5.74) is 0.639. The van der Waals surface area contributed by atoms with Gasteiger partial charge in [0.05, 0.1) is 6.61 Å². The number of phenols is 2. The Morgan fingerprint density at radius 3 is 1.38 bits per heavy atom. The Balaban J connectivity index is 1.84. The highest BCUT2D eigenvalue weighted by Crippen LogP contribution is 2.31. The molecule has 3 aromatic rings. The number of aliphatic hydroxyl groups is 1. The number of benzene rings is 3. The van der Waals surface area contributed by atoms with E-state index < -0.39 is 0 Å². The van der Waals surface area contributed by atoms with Gasteiger partial charge in [0.1, 0.15) is 34.5 Å². The monoisotopic (exact) mass is 324 g/mol. The molecule has 3 rings (SSSR count). The van der Waals surface area contributed by atoms with Gasteiger partial charge in [-0.15, -0.1) is 0 Å². The molecular weight excluding hydrogens is 308 g/mol. The summed E-state index contributed by atoms with van der Waals surface area (Å²) in [5.74, 6) is 2.42. The van der Waals surface area contributed by atoms with E-state index in [9.17, 15) is 15.3 Å².